The van der Waals surface area contributed by atoms with Gasteiger partial charge in [-0.3, -0.25) is 19.4 Å². The van der Waals surface area contributed by atoms with Crippen LogP contribution in [0.4, 0.5) is 5.82 Å². The van der Waals surface area contributed by atoms with Crippen LogP contribution in [0, 0.1) is 5.41 Å². The lowest BCUT2D eigenvalue weighted by molar-refractivity contribution is -0.146. The molecule has 0 aliphatic carbocycles. The van der Waals surface area contributed by atoms with Crippen LogP contribution < -0.4 is 10.5 Å². The SMILES string of the molecule is Cn1ccc(-c2nc(N)c(OCc3ccc(CC(C)(C)C(=O)O)cn3)nc2-c2cc(Cl)c3ncccc3c2)n1. The summed E-state index contributed by atoms with van der Waals surface area (Å²) in [6, 6.07) is 12.9. The molecule has 0 amide bonds. The number of ether oxygens (including phenoxy) is 1. The molecule has 11 heteroatoms. The summed E-state index contributed by atoms with van der Waals surface area (Å²) in [5.41, 5.74) is 9.81. The second kappa shape index (κ2) is 10.3. The maximum atomic E-state index is 11.4. The lowest BCUT2D eigenvalue weighted by Gasteiger charge is -2.18. The molecule has 198 valence electrons. The van der Waals surface area contributed by atoms with E-state index in [2.05, 4.69) is 20.1 Å². The number of nitrogen functional groups attached to an aromatic ring is 1. The second-order valence-corrected chi connectivity index (χ2v) is 10.2. The van der Waals surface area contributed by atoms with Gasteiger partial charge in [0.25, 0.3) is 5.88 Å². The number of aryl methyl sites for hydroxylation is 1. The van der Waals surface area contributed by atoms with Crippen molar-refractivity contribution in [1.82, 2.24) is 29.7 Å². The van der Waals surface area contributed by atoms with Crippen LogP contribution in [-0.2, 0) is 24.9 Å². The molecule has 1 aromatic carbocycles. The van der Waals surface area contributed by atoms with Gasteiger partial charge in [-0.15, -0.1) is 0 Å². The molecule has 10 nitrogen and oxygen atoms in total. The lowest BCUT2D eigenvalue weighted by atomic mass is 9.86. The van der Waals surface area contributed by atoms with Crippen LogP contribution in [0.1, 0.15) is 25.1 Å². The molecule has 4 aromatic heterocycles. The summed E-state index contributed by atoms with van der Waals surface area (Å²) in [6.07, 6.45) is 5.51. The highest BCUT2D eigenvalue weighted by Crippen LogP contribution is 2.36. The number of hydrogen-bond acceptors (Lipinski definition) is 8. The van der Waals surface area contributed by atoms with Crippen molar-refractivity contribution in [3.8, 4) is 28.5 Å². The Morgan fingerprint density at radius 1 is 1.13 bits per heavy atom. The van der Waals surface area contributed by atoms with Gasteiger partial charge < -0.3 is 15.6 Å². The summed E-state index contributed by atoms with van der Waals surface area (Å²) in [5.74, 6) is -0.615. The first kappa shape index (κ1) is 26.1. The molecule has 0 aliphatic heterocycles. The van der Waals surface area contributed by atoms with Crippen LogP contribution >= 0.6 is 11.6 Å². The maximum Gasteiger partial charge on any atom is 0.309 e. The Morgan fingerprint density at radius 2 is 1.95 bits per heavy atom. The molecule has 0 atom stereocenters. The highest BCUT2D eigenvalue weighted by atomic mass is 35.5. The highest BCUT2D eigenvalue weighted by Gasteiger charge is 2.27. The minimum absolute atomic E-state index is 0.0895. The summed E-state index contributed by atoms with van der Waals surface area (Å²) in [6.45, 7) is 3.45. The third-order valence-electron chi connectivity index (χ3n) is 6.24. The number of aliphatic carboxylic acids is 1. The normalized spacial score (nSPS) is 11.6. The Labute approximate surface area is 229 Å². The Morgan fingerprint density at radius 3 is 2.64 bits per heavy atom. The molecule has 0 bridgehead atoms. The number of rotatable bonds is 8. The minimum Gasteiger partial charge on any atom is -0.481 e. The van der Waals surface area contributed by atoms with Crippen molar-refractivity contribution < 1.29 is 14.6 Å². The summed E-state index contributed by atoms with van der Waals surface area (Å²) in [5, 5.41) is 15.2. The number of carboxylic acid groups (broad SMARTS) is 1. The van der Waals surface area contributed by atoms with E-state index in [0.29, 0.717) is 45.3 Å². The van der Waals surface area contributed by atoms with Crippen molar-refractivity contribution in [2.45, 2.75) is 26.9 Å². The van der Waals surface area contributed by atoms with E-state index in [1.165, 1.54) is 0 Å². The van der Waals surface area contributed by atoms with Crippen LogP contribution in [0.15, 0.2) is 61.1 Å². The number of benzene rings is 1. The number of aromatic nitrogens is 6. The summed E-state index contributed by atoms with van der Waals surface area (Å²) in [4.78, 5) is 29.6. The predicted molar refractivity (Wildman–Crippen MR) is 148 cm³/mol. The van der Waals surface area contributed by atoms with Crippen molar-refractivity contribution in [2.75, 3.05) is 5.73 Å². The fourth-order valence-electron chi connectivity index (χ4n) is 4.12. The minimum atomic E-state index is -0.892. The lowest BCUT2D eigenvalue weighted by Crippen LogP contribution is -2.26. The van der Waals surface area contributed by atoms with E-state index in [0.717, 1.165) is 10.9 Å². The van der Waals surface area contributed by atoms with Gasteiger partial charge in [-0.1, -0.05) is 23.7 Å². The maximum absolute atomic E-state index is 11.4. The summed E-state index contributed by atoms with van der Waals surface area (Å²) < 4.78 is 7.62. The molecular weight excluding hydrogens is 518 g/mol. The molecule has 5 rings (SSSR count). The molecule has 0 radical (unpaired) electrons. The Hall–Kier alpha value is -4.57. The Kier molecular flexibility index (Phi) is 6.88. The smallest absolute Gasteiger partial charge is 0.309 e. The number of anilines is 1. The third-order valence-corrected chi connectivity index (χ3v) is 6.53. The number of hydrogen-bond donors (Lipinski definition) is 2. The molecule has 4 heterocycles. The number of pyridine rings is 2. The standard InChI is InChI=1S/C28H26ClN7O3/c1-28(2,27(37)38)13-16-6-7-19(32-14-16)15-39-26-25(30)33-24(21-8-10-36(3)35-21)23(34-26)18-11-17-5-4-9-31-22(17)20(29)12-18/h4-12,14H,13,15H2,1-3H3,(H2,30,33)(H,37,38). The van der Waals surface area contributed by atoms with Crippen molar-refractivity contribution >= 4 is 34.3 Å². The zero-order chi connectivity index (χ0) is 27.7. The molecule has 0 saturated carbocycles. The molecule has 0 saturated heterocycles. The summed E-state index contributed by atoms with van der Waals surface area (Å²) >= 11 is 6.57. The van der Waals surface area contributed by atoms with Crippen molar-refractivity contribution in [3.63, 3.8) is 0 Å². The van der Waals surface area contributed by atoms with E-state index in [4.69, 9.17) is 27.1 Å². The number of nitrogens with zero attached hydrogens (tertiary/aromatic N) is 6. The van der Waals surface area contributed by atoms with E-state index in [-0.39, 0.29) is 18.3 Å². The van der Waals surface area contributed by atoms with Crippen LogP contribution in [0.2, 0.25) is 5.02 Å². The first-order chi connectivity index (χ1) is 18.6. The quantitative estimate of drug-likeness (QED) is 0.278. The van der Waals surface area contributed by atoms with Crippen LogP contribution in [-0.4, -0.2) is 40.8 Å². The van der Waals surface area contributed by atoms with Gasteiger partial charge in [0.2, 0.25) is 0 Å². The monoisotopic (exact) mass is 543 g/mol. The number of halogens is 1. The van der Waals surface area contributed by atoms with Gasteiger partial charge in [0.15, 0.2) is 5.82 Å². The highest BCUT2D eigenvalue weighted by molar-refractivity contribution is 6.35. The third kappa shape index (κ3) is 5.51. The number of fused-ring (bicyclic) bond motifs is 1. The van der Waals surface area contributed by atoms with Gasteiger partial charge in [0.1, 0.15) is 23.7 Å². The molecule has 0 unspecified atom stereocenters. The van der Waals surface area contributed by atoms with Gasteiger partial charge in [0.05, 0.1) is 21.6 Å². The Balaban J connectivity index is 1.47. The van der Waals surface area contributed by atoms with Crippen molar-refractivity contribution in [1.29, 1.82) is 0 Å². The van der Waals surface area contributed by atoms with E-state index < -0.39 is 11.4 Å². The van der Waals surface area contributed by atoms with E-state index in [9.17, 15) is 9.90 Å². The number of carbonyl (C=O) groups is 1. The molecule has 0 fully saturated rings. The molecule has 0 aliphatic rings. The number of nitrogens with two attached hydrogens (primary N) is 1. The van der Waals surface area contributed by atoms with Crippen LogP contribution in [0.25, 0.3) is 33.5 Å². The van der Waals surface area contributed by atoms with Crippen molar-refractivity contribution in [3.05, 3.63) is 77.3 Å². The van der Waals surface area contributed by atoms with E-state index in [1.807, 2.05) is 43.6 Å². The van der Waals surface area contributed by atoms with Gasteiger partial charge >= 0.3 is 5.97 Å². The van der Waals surface area contributed by atoms with E-state index in [1.54, 1.807) is 43.1 Å². The summed E-state index contributed by atoms with van der Waals surface area (Å²) in [7, 11) is 1.82. The van der Waals surface area contributed by atoms with Gasteiger partial charge in [0, 0.05) is 36.6 Å². The zero-order valence-electron chi connectivity index (χ0n) is 21.6. The van der Waals surface area contributed by atoms with Gasteiger partial charge in [-0.2, -0.15) is 5.10 Å². The van der Waals surface area contributed by atoms with Gasteiger partial charge in [-0.05, 0) is 56.2 Å². The molecule has 0 spiro atoms. The first-order valence-electron chi connectivity index (χ1n) is 12.1. The van der Waals surface area contributed by atoms with Crippen molar-refractivity contribution in [2.24, 2.45) is 12.5 Å². The molecular formula is C28H26ClN7O3. The fraction of sp³-hybridized carbons (Fsp3) is 0.214. The predicted octanol–water partition coefficient (Wildman–Crippen LogP) is 4.96. The molecule has 3 N–H and O–H groups in total. The Bertz CT molecular complexity index is 1680. The number of carboxylic acids is 1. The molecule has 39 heavy (non-hydrogen) atoms. The van der Waals surface area contributed by atoms with Crippen LogP contribution in [0.5, 0.6) is 5.88 Å². The second-order valence-electron chi connectivity index (χ2n) is 9.83. The first-order valence-corrected chi connectivity index (χ1v) is 12.5. The zero-order valence-corrected chi connectivity index (χ0v) is 22.3. The topological polar surface area (TPSA) is 142 Å². The fourth-order valence-corrected chi connectivity index (χ4v) is 4.39. The largest absolute Gasteiger partial charge is 0.481 e. The molecule has 5 aromatic rings. The average molecular weight is 544 g/mol. The van der Waals surface area contributed by atoms with E-state index >= 15 is 0 Å². The van der Waals surface area contributed by atoms with Gasteiger partial charge in [-0.25, -0.2) is 9.97 Å². The van der Waals surface area contributed by atoms with Crippen LogP contribution in [0.3, 0.4) is 0 Å². The average Bonchev–Trinajstić information content (AvgIpc) is 3.34.